The summed E-state index contributed by atoms with van der Waals surface area (Å²) in [5, 5.41) is 2.68. The number of sulfone groups is 1. The molecule has 3 aromatic rings. The van der Waals surface area contributed by atoms with Crippen LogP contribution >= 0.6 is 0 Å². The van der Waals surface area contributed by atoms with Gasteiger partial charge < -0.3 is 5.32 Å². The summed E-state index contributed by atoms with van der Waals surface area (Å²) in [7, 11) is -3.37. The van der Waals surface area contributed by atoms with Crippen LogP contribution in [0.1, 0.15) is 26.3 Å². The summed E-state index contributed by atoms with van der Waals surface area (Å²) in [5.41, 5.74) is 3.51. The van der Waals surface area contributed by atoms with E-state index in [0.29, 0.717) is 22.4 Å². The number of rotatable bonds is 3. The third kappa shape index (κ3) is 3.04. The van der Waals surface area contributed by atoms with Gasteiger partial charge in [-0.15, -0.1) is 0 Å². The SMILES string of the molecule is CS(=O)(=O)c1cccc(NC(=O)c2ccc3c(c2)C(=O)c2ccccc2-3)c1. The molecule has 3 aromatic carbocycles. The molecule has 1 aliphatic rings. The van der Waals surface area contributed by atoms with Crippen LogP contribution in [0.25, 0.3) is 11.1 Å². The van der Waals surface area contributed by atoms with Gasteiger partial charge in [0.2, 0.25) is 0 Å². The number of nitrogens with one attached hydrogen (secondary N) is 1. The number of benzene rings is 3. The molecule has 0 radical (unpaired) electrons. The first-order chi connectivity index (χ1) is 12.8. The van der Waals surface area contributed by atoms with Gasteiger partial charge in [-0.05, 0) is 41.5 Å². The zero-order valence-corrected chi connectivity index (χ0v) is 15.2. The average molecular weight is 377 g/mol. The van der Waals surface area contributed by atoms with Gasteiger partial charge in [0.15, 0.2) is 15.6 Å². The van der Waals surface area contributed by atoms with E-state index in [1.807, 2.05) is 18.2 Å². The summed E-state index contributed by atoms with van der Waals surface area (Å²) < 4.78 is 23.3. The van der Waals surface area contributed by atoms with Gasteiger partial charge in [0.1, 0.15) is 0 Å². The van der Waals surface area contributed by atoms with Gasteiger partial charge in [-0.2, -0.15) is 0 Å². The molecule has 1 aliphatic carbocycles. The molecule has 0 aromatic heterocycles. The van der Waals surface area contributed by atoms with Crippen LogP contribution in [-0.2, 0) is 9.84 Å². The number of amides is 1. The molecule has 0 bridgehead atoms. The van der Waals surface area contributed by atoms with Crippen LogP contribution in [0.5, 0.6) is 0 Å². The summed E-state index contributed by atoms with van der Waals surface area (Å²) in [6.45, 7) is 0. The molecule has 0 heterocycles. The van der Waals surface area contributed by atoms with Crippen molar-refractivity contribution in [2.24, 2.45) is 0 Å². The maximum absolute atomic E-state index is 12.6. The first kappa shape index (κ1) is 17.2. The van der Waals surface area contributed by atoms with Crippen LogP contribution in [0.3, 0.4) is 0 Å². The maximum Gasteiger partial charge on any atom is 0.255 e. The van der Waals surface area contributed by atoms with E-state index >= 15 is 0 Å². The highest BCUT2D eigenvalue weighted by Gasteiger charge is 2.27. The second kappa shape index (κ2) is 6.17. The molecule has 0 aliphatic heterocycles. The predicted molar refractivity (Wildman–Crippen MR) is 103 cm³/mol. The molecule has 0 unspecified atom stereocenters. The summed E-state index contributed by atoms with van der Waals surface area (Å²) in [4.78, 5) is 25.3. The number of ketones is 1. The Morgan fingerprint density at radius 1 is 0.815 bits per heavy atom. The van der Waals surface area contributed by atoms with E-state index in [0.717, 1.165) is 17.4 Å². The predicted octanol–water partition coefficient (Wildman–Crippen LogP) is 3.55. The number of hydrogen-bond donors (Lipinski definition) is 1. The first-order valence-corrected chi connectivity index (χ1v) is 10.1. The highest BCUT2D eigenvalue weighted by molar-refractivity contribution is 7.90. The third-order valence-corrected chi connectivity index (χ3v) is 5.62. The van der Waals surface area contributed by atoms with E-state index in [4.69, 9.17) is 0 Å². The molecule has 134 valence electrons. The van der Waals surface area contributed by atoms with E-state index in [1.165, 1.54) is 12.1 Å². The molecule has 0 saturated heterocycles. The Kier molecular flexibility index (Phi) is 3.93. The smallest absolute Gasteiger partial charge is 0.255 e. The van der Waals surface area contributed by atoms with Gasteiger partial charge in [-0.25, -0.2) is 8.42 Å². The Balaban J connectivity index is 1.64. The minimum atomic E-state index is -3.37. The Labute approximate surface area is 156 Å². The van der Waals surface area contributed by atoms with Gasteiger partial charge in [0.05, 0.1) is 4.90 Å². The number of hydrogen-bond acceptors (Lipinski definition) is 4. The fourth-order valence-corrected chi connectivity index (χ4v) is 3.84. The molecule has 5 nitrogen and oxygen atoms in total. The minimum absolute atomic E-state index is 0.102. The zero-order chi connectivity index (χ0) is 19.2. The first-order valence-electron chi connectivity index (χ1n) is 8.24. The second-order valence-electron chi connectivity index (χ2n) is 6.39. The Morgan fingerprint density at radius 2 is 1.52 bits per heavy atom. The van der Waals surface area contributed by atoms with Crippen LogP contribution in [0, 0.1) is 0 Å². The number of carbonyl (C=O) groups is 2. The molecule has 4 rings (SSSR count). The van der Waals surface area contributed by atoms with Gasteiger partial charge in [-0.3, -0.25) is 9.59 Å². The van der Waals surface area contributed by atoms with Crippen molar-refractivity contribution in [2.45, 2.75) is 4.90 Å². The van der Waals surface area contributed by atoms with Crippen LogP contribution in [-0.4, -0.2) is 26.4 Å². The molecule has 1 amide bonds. The van der Waals surface area contributed by atoms with Crippen LogP contribution in [0.4, 0.5) is 5.69 Å². The summed E-state index contributed by atoms with van der Waals surface area (Å²) in [5.74, 6) is -0.512. The standard InChI is InChI=1S/C21H15NO4S/c1-27(25,26)15-6-4-5-14(12-15)22-21(24)13-9-10-17-16-7-2-3-8-18(16)20(23)19(17)11-13/h2-12H,1H3,(H,22,24). The molecule has 0 atom stereocenters. The fraction of sp³-hybridized carbons (Fsp3) is 0.0476. The molecular formula is C21H15NO4S. The van der Waals surface area contributed by atoms with Crippen molar-refractivity contribution in [2.75, 3.05) is 11.6 Å². The lowest BCUT2D eigenvalue weighted by Gasteiger charge is -2.08. The molecule has 0 spiro atoms. The van der Waals surface area contributed by atoms with Crippen LogP contribution in [0.15, 0.2) is 71.6 Å². The zero-order valence-electron chi connectivity index (χ0n) is 14.4. The average Bonchev–Trinajstić information content (AvgIpc) is 2.94. The monoisotopic (exact) mass is 377 g/mol. The van der Waals surface area contributed by atoms with Gasteiger partial charge in [0, 0.05) is 28.6 Å². The molecule has 0 saturated carbocycles. The van der Waals surface area contributed by atoms with Crippen molar-refractivity contribution < 1.29 is 18.0 Å². The second-order valence-corrected chi connectivity index (χ2v) is 8.40. The van der Waals surface area contributed by atoms with E-state index in [-0.39, 0.29) is 10.7 Å². The minimum Gasteiger partial charge on any atom is -0.322 e. The van der Waals surface area contributed by atoms with Gasteiger partial charge >= 0.3 is 0 Å². The van der Waals surface area contributed by atoms with Crippen LogP contribution < -0.4 is 5.32 Å². The topological polar surface area (TPSA) is 80.3 Å². The molecular weight excluding hydrogens is 362 g/mol. The van der Waals surface area contributed by atoms with Crippen molar-refractivity contribution in [3.05, 3.63) is 83.4 Å². The normalized spacial score (nSPS) is 12.4. The summed E-state index contributed by atoms with van der Waals surface area (Å²) in [6.07, 6.45) is 1.11. The molecule has 0 fully saturated rings. The largest absolute Gasteiger partial charge is 0.322 e. The van der Waals surface area contributed by atoms with E-state index in [2.05, 4.69) is 5.32 Å². The Morgan fingerprint density at radius 3 is 2.26 bits per heavy atom. The van der Waals surface area contributed by atoms with Crippen molar-refractivity contribution in [3.63, 3.8) is 0 Å². The number of carbonyl (C=O) groups excluding carboxylic acids is 2. The molecule has 6 heteroatoms. The van der Waals surface area contributed by atoms with E-state index < -0.39 is 15.7 Å². The highest BCUT2D eigenvalue weighted by Crippen LogP contribution is 2.36. The summed E-state index contributed by atoms with van der Waals surface area (Å²) >= 11 is 0. The van der Waals surface area contributed by atoms with Crippen molar-refractivity contribution in [3.8, 4) is 11.1 Å². The Hall–Kier alpha value is -3.25. The van der Waals surface area contributed by atoms with Gasteiger partial charge in [-0.1, -0.05) is 36.4 Å². The van der Waals surface area contributed by atoms with E-state index in [1.54, 1.807) is 36.4 Å². The highest BCUT2D eigenvalue weighted by atomic mass is 32.2. The molecule has 27 heavy (non-hydrogen) atoms. The van der Waals surface area contributed by atoms with Crippen LogP contribution in [0.2, 0.25) is 0 Å². The van der Waals surface area contributed by atoms with Crippen molar-refractivity contribution >= 4 is 27.2 Å². The lowest BCUT2D eigenvalue weighted by molar-refractivity contribution is 0.102. The molecule has 1 N–H and O–H groups in total. The van der Waals surface area contributed by atoms with Crippen molar-refractivity contribution in [1.82, 2.24) is 0 Å². The number of fused-ring (bicyclic) bond motifs is 3. The maximum atomic E-state index is 12.6. The lowest BCUT2D eigenvalue weighted by Crippen LogP contribution is -2.13. The number of anilines is 1. The Bertz CT molecular complexity index is 1210. The fourth-order valence-electron chi connectivity index (χ4n) is 3.18. The lowest BCUT2D eigenvalue weighted by atomic mass is 10.0. The van der Waals surface area contributed by atoms with Gasteiger partial charge in [0.25, 0.3) is 5.91 Å². The van der Waals surface area contributed by atoms with E-state index in [9.17, 15) is 18.0 Å². The quantitative estimate of drug-likeness (QED) is 0.592. The summed E-state index contributed by atoms with van der Waals surface area (Å²) in [6, 6.07) is 18.4. The van der Waals surface area contributed by atoms with Crippen molar-refractivity contribution in [1.29, 1.82) is 0 Å². The third-order valence-electron chi connectivity index (χ3n) is 4.51.